The van der Waals surface area contributed by atoms with Crippen LogP contribution < -0.4 is 14.8 Å². The van der Waals surface area contributed by atoms with Crippen LogP contribution in [0.3, 0.4) is 0 Å². The summed E-state index contributed by atoms with van der Waals surface area (Å²) in [4.78, 5) is 12.5. The van der Waals surface area contributed by atoms with E-state index < -0.39 is 10.0 Å². The number of ether oxygens (including phenoxy) is 1. The quantitative estimate of drug-likeness (QED) is 0.546. The van der Waals surface area contributed by atoms with Crippen LogP contribution in [0.5, 0.6) is 5.75 Å². The largest absolute Gasteiger partial charge is 0.493 e. The van der Waals surface area contributed by atoms with Crippen molar-refractivity contribution in [2.45, 2.75) is 17.9 Å². The molecule has 3 aromatic carbocycles. The normalized spacial score (nSPS) is 12.5. The topological polar surface area (TPSA) is 84.5 Å². The van der Waals surface area contributed by atoms with Crippen molar-refractivity contribution in [3.63, 3.8) is 0 Å². The molecule has 1 amide bonds. The Labute approximate surface area is 187 Å². The fourth-order valence-electron chi connectivity index (χ4n) is 3.49. The molecule has 7 heteroatoms. The molecule has 1 aliphatic rings. The molecule has 0 saturated carbocycles. The van der Waals surface area contributed by atoms with Crippen molar-refractivity contribution in [2.24, 2.45) is 0 Å². The zero-order chi connectivity index (χ0) is 22.6. The molecule has 0 spiro atoms. The number of carbonyl (C=O) groups is 1. The van der Waals surface area contributed by atoms with E-state index in [1.54, 1.807) is 6.07 Å². The fraction of sp³-hybridized carbons (Fsp3) is 0.160. The number of amides is 1. The van der Waals surface area contributed by atoms with Crippen molar-refractivity contribution < 1.29 is 17.9 Å². The molecule has 0 aliphatic carbocycles. The molecule has 162 valence electrons. The van der Waals surface area contributed by atoms with Gasteiger partial charge in [0.05, 0.1) is 18.0 Å². The van der Waals surface area contributed by atoms with Crippen molar-refractivity contribution in [2.75, 3.05) is 13.2 Å². The highest BCUT2D eigenvalue weighted by molar-refractivity contribution is 7.89. The molecule has 3 aromatic rings. The summed E-state index contributed by atoms with van der Waals surface area (Å²) in [6.07, 6.45) is 6.03. The third kappa shape index (κ3) is 4.83. The maximum absolute atomic E-state index is 12.5. The van der Waals surface area contributed by atoms with Crippen LogP contribution in [0.1, 0.15) is 21.5 Å². The predicted octanol–water partition coefficient (Wildman–Crippen LogP) is 3.13. The number of sulfonamides is 1. The van der Waals surface area contributed by atoms with Gasteiger partial charge in [0, 0.05) is 18.5 Å². The van der Waals surface area contributed by atoms with Crippen LogP contribution in [0.25, 0.3) is 11.1 Å². The van der Waals surface area contributed by atoms with Gasteiger partial charge >= 0.3 is 0 Å². The summed E-state index contributed by atoms with van der Waals surface area (Å²) in [7, 11) is -3.76. The monoisotopic (exact) mass is 446 g/mol. The predicted molar refractivity (Wildman–Crippen MR) is 123 cm³/mol. The summed E-state index contributed by atoms with van der Waals surface area (Å²) in [5.41, 5.74) is 4.63. The standard InChI is InChI=1S/C25H22N2O4S/c1-2-13-27-32(29,30)23-5-3-4-22(16-23)25(28)26-17-18-6-8-19(9-7-18)20-10-11-24-21(15-20)12-14-31-24/h1,3-11,15-16,27H,12-14,17H2,(H,26,28). The molecule has 0 atom stereocenters. The van der Waals surface area contributed by atoms with E-state index in [-0.39, 0.29) is 22.9 Å². The highest BCUT2D eigenvalue weighted by Crippen LogP contribution is 2.30. The van der Waals surface area contributed by atoms with Gasteiger partial charge in [0.25, 0.3) is 5.91 Å². The Morgan fingerprint density at radius 1 is 1.03 bits per heavy atom. The first-order chi connectivity index (χ1) is 15.5. The zero-order valence-corrected chi connectivity index (χ0v) is 18.1. The minimum Gasteiger partial charge on any atom is -0.493 e. The Balaban J connectivity index is 1.40. The van der Waals surface area contributed by atoms with E-state index in [0.29, 0.717) is 6.54 Å². The Morgan fingerprint density at radius 2 is 1.81 bits per heavy atom. The summed E-state index contributed by atoms with van der Waals surface area (Å²) in [6, 6.07) is 20.0. The number of hydrogen-bond acceptors (Lipinski definition) is 4. The Kier molecular flexibility index (Phi) is 6.26. The van der Waals surface area contributed by atoms with E-state index >= 15 is 0 Å². The van der Waals surface area contributed by atoms with Crippen molar-refractivity contribution in [1.82, 2.24) is 10.0 Å². The minimum atomic E-state index is -3.76. The number of nitrogens with one attached hydrogen (secondary N) is 2. The van der Waals surface area contributed by atoms with Crippen LogP contribution in [-0.4, -0.2) is 27.5 Å². The van der Waals surface area contributed by atoms with Crippen LogP contribution >= 0.6 is 0 Å². The maximum atomic E-state index is 12.5. The summed E-state index contributed by atoms with van der Waals surface area (Å²) in [5.74, 6) is 2.82. The SMILES string of the molecule is C#CCNS(=O)(=O)c1cccc(C(=O)NCc2ccc(-c3ccc4c(c3)CCO4)cc2)c1. The second-order valence-electron chi connectivity index (χ2n) is 7.36. The van der Waals surface area contributed by atoms with Gasteiger partial charge < -0.3 is 10.1 Å². The van der Waals surface area contributed by atoms with Gasteiger partial charge in [0.1, 0.15) is 5.75 Å². The van der Waals surface area contributed by atoms with Gasteiger partial charge in [-0.25, -0.2) is 8.42 Å². The molecule has 32 heavy (non-hydrogen) atoms. The van der Waals surface area contributed by atoms with Crippen LogP contribution in [0.2, 0.25) is 0 Å². The van der Waals surface area contributed by atoms with Crippen molar-refractivity contribution in [3.8, 4) is 29.2 Å². The van der Waals surface area contributed by atoms with Gasteiger partial charge in [-0.2, -0.15) is 4.72 Å². The summed E-state index contributed by atoms with van der Waals surface area (Å²) >= 11 is 0. The number of terminal acetylenes is 1. The smallest absolute Gasteiger partial charge is 0.251 e. The highest BCUT2D eigenvalue weighted by Gasteiger charge is 2.16. The minimum absolute atomic E-state index is 0.00972. The number of carbonyl (C=O) groups excluding carboxylic acids is 1. The van der Waals surface area contributed by atoms with Crippen LogP contribution in [-0.2, 0) is 23.0 Å². The van der Waals surface area contributed by atoms with Gasteiger partial charge in [-0.1, -0.05) is 42.3 Å². The summed E-state index contributed by atoms with van der Waals surface area (Å²) in [5, 5.41) is 2.83. The Hall–Kier alpha value is -3.60. The number of fused-ring (bicyclic) bond motifs is 1. The lowest BCUT2D eigenvalue weighted by atomic mass is 10.0. The van der Waals surface area contributed by atoms with Crippen LogP contribution in [0, 0.1) is 12.3 Å². The molecule has 1 heterocycles. The molecule has 4 rings (SSSR count). The molecule has 0 bridgehead atoms. The van der Waals surface area contributed by atoms with Crippen LogP contribution in [0.15, 0.2) is 71.6 Å². The van der Waals surface area contributed by atoms with E-state index in [4.69, 9.17) is 11.2 Å². The number of hydrogen-bond donors (Lipinski definition) is 2. The Morgan fingerprint density at radius 3 is 2.59 bits per heavy atom. The van der Waals surface area contributed by atoms with E-state index in [1.165, 1.54) is 23.8 Å². The summed E-state index contributed by atoms with van der Waals surface area (Å²) in [6.45, 7) is 0.936. The first-order valence-corrected chi connectivity index (χ1v) is 11.6. The maximum Gasteiger partial charge on any atom is 0.251 e. The van der Waals surface area contributed by atoms with Crippen molar-refractivity contribution in [1.29, 1.82) is 0 Å². The highest BCUT2D eigenvalue weighted by atomic mass is 32.2. The van der Waals surface area contributed by atoms with Crippen molar-refractivity contribution >= 4 is 15.9 Å². The molecule has 0 fully saturated rings. The molecule has 2 N–H and O–H groups in total. The van der Waals surface area contributed by atoms with E-state index in [2.05, 4.69) is 22.0 Å². The first kappa shape index (κ1) is 21.6. The number of rotatable bonds is 7. The molecule has 0 aromatic heterocycles. The average molecular weight is 447 g/mol. The lowest BCUT2D eigenvalue weighted by Crippen LogP contribution is -2.25. The average Bonchev–Trinajstić information content (AvgIpc) is 3.29. The number of benzene rings is 3. The first-order valence-electron chi connectivity index (χ1n) is 10.1. The van der Waals surface area contributed by atoms with Gasteiger partial charge in [0.2, 0.25) is 10.0 Å². The Bertz CT molecular complexity index is 1290. The zero-order valence-electron chi connectivity index (χ0n) is 17.3. The van der Waals surface area contributed by atoms with E-state index in [1.807, 2.05) is 36.4 Å². The van der Waals surface area contributed by atoms with E-state index in [0.717, 1.165) is 35.5 Å². The lowest BCUT2D eigenvalue weighted by molar-refractivity contribution is 0.0950. The van der Waals surface area contributed by atoms with Gasteiger partial charge in [-0.3, -0.25) is 4.79 Å². The molecule has 6 nitrogen and oxygen atoms in total. The second kappa shape index (κ2) is 9.27. The van der Waals surface area contributed by atoms with Gasteiger partial charge in [0.15, 0.2) is 0 Å². The molecule has 1 aliphatic heterocycles. The van der Waals surface area contributed by atoms with Crippen molar-refractivity contribution in [3.05, 3.63) is 83.4 Å². The van der Waals surface area contributed by atoms with Gasteiger partial charge in [-0.05, 0) is 52.6 Å². The van der Waals surface area contributed by atoms with Gasteiger partial charge in [-0.15, -0.1) is 6.42 Å². The second-order valence-corrected chi connectivity index (χ2v) is 9.12. The van der Waals surface area contributed by atoms with E-state index in [9.17, 15) is 13.2 Å². The molecular formula is C25H22N2O4S. The molecular weight excluding hydrogens is 424 g/mol. The van der Waals surface area contributed by atoms with Crippen LogP contribution in [0.4, 0.5) is 0 Å². The fourth-order valence-corrected chi connectivity index (χ4v) is 4.47. The third-order valence-corrected chi connectivity index (χ3v) is 6.60. The summed E-state index contributed by atoms with van der Waals surface area (Å²) < 4.78 is 32.3. The molecule has 0 saturated heterocycles. The lowest BCUT2D eigenvalue weighted by Gasteiger charge is -2.09. The molecule has 0 unspecified atom stereocenters. The molecule has 0 radical (unpaired) electrons. The third-order valence-electron chi connectivity index (χ3n) is 5.20.